The van der Waals surface area contributed by atoms with Gasteiger partial charge in [0.25, 0.3) is 11.6 Å². The van der Waals surface area contributed by atoms with Crippen LogP contribution in [-0.4, -0.2) is 10.8 Å². The van der Waals surface area contributed by atoms with Gasteiger partial charge in [-0.2, -0.15) is 0 Å². The van der Waals surface area contributed by atoms with Crippen LogP contribution in [0.25, 0.3) is 0 Å². The third-order valence-electron chi connectivity index (χ3n) is 3.24. The molecule has 0 saturated carbocycles. The molecule has 2 aromatic carbocycles. The van der Waals surface area contributed by atoms with E-state index in [0.717, 1.165) is 23.8 Å². The van der Waals surface area contributed by atoms with Crippen molar-refractivity contribution >= 4 is 17.3 Å². The first-order valence-electron chi connectivity index (χ1n) is 6.73. The Balaban J connectivity index is 2.21. The first-order chi connectivity index (χ1) is 10.4. The molecule has 1 amide bonds. The zero-order chi connectivity index (χ0) is 16.3. The summed E-state index contributed by atoms with van der Waals surface area (Å²) in [7, 11) is 0. The van der Waals surface area contributed by atoms with Crippen LogP contribution in [0.5, 0.6) is 0 Å². The second-order valence-corrected chi connectivity index (χ2v) is 5.15. The molecular weight excluding hydrogens is 287 g/mol. The van der Waals surface area contributed by atoms with Crippen LogP contribution in [-0.2, 0) is 0 Å². The van der Waals surface area contributed by atoms with Crippen LogP contribution >= 0.6 is 0 Å². The quantitative estimate of drug-likeness (QED) is 0.682. The molecule has 114 valence electrons. The van der Waals surface area contributed by atoms with Crippen LogP contribution in [0.2, 0.25) is 0 Å². The number of carbonyl (C=O) groups is 1. The number of non-ortho nitro benzene ring substituents is 1. The van der Waals surface area contributed by atoms with Gasteiger partial charge in [-0.25, -0.2) is 4.39 Å². The highest BCUT2D eigenvalue weighted by Crippen LogP contribution is 2.20. The zero-order valence-electron chi connectivity index (χ0n) is 12.2. The SMILES string of the molecule is CC(C)c1ccc(NC(=O)c2cc([N+](=O)[O-])ccc2F)cc1. The average Bonchev–Trinajstić information content (AvgIpc) is 2.47. The van der Waals surface area contributed by atoms with E-state index in [1.807, 2.05) is 26.0 Å². The minimum atomic E-state index is -0.804. The molecule has 0 aliphatic carbocycles. The second kappa shape index (κ2) is 6.34. The van der Waals surface area contributed by atoms with Gasteiger partial charge in [0.2, 0.25) is 0 Å². The van der Waals surface area contributed by atoms with Gasteiger partial charge in [0.15, 0.2) is 0 Å². The highest BCUT2D eigenvalue weighted by molar-refractivity contribution is 6.04. The molecule has 0 atom stereocenters. The molecule has 2 rings (SSSR count). The van der Waals surface area contributed by atoms with Gasteiger partial charge in [0, 0.05) is 17.8 Å². The van der Waals surface area contributed by atoms with E-state index >= 15 is 0 Å². The number of anilines is 1. The summed E-state index contributed by atoms with van der Waals surface area (Å²) in [5, 5.41) is 13.2. The van der Waals surface area contributed by atoms with Crippen molar-refractivity contribution < 1.29 is 14.1 Å². The summed E-state index contributed by atoms with van der Waals surface area (Å²) in [5.74, 6) is -1.17. The van der Waals surface area contributed by atoms with Crippen molar-refractivity contribution in [1.82, 2.24) is 0 Å². The van der Waals surface area contributed by atoms with Crippen LogP contribution in [0.1, 0.15) is 35.7 Å². The van der Waals surface area contributed by atoms with Crippen LogP contribution in [0.4, 0.5) is 15.8 Å². The Morgan fingerprint density at radius 2 is 1.82 bits per heavy atom. The van der Waals surface area contributed by atoms with Gasteiger partial charge in [-0.05, 0) is 29.7 Å². The molecule has 6 heteroatoms. The van der Waals surface area contributed by atoms with Gasteiger partial charge in [-0.3, -0.25) is 14.9 Å². The summed E-state index contributed by atoms with van der Waals surface area (Å²) in [6.45, 7) is 4.10. The Bertz CT molecular complexity index is 712. The standard InChI is InChI=1S/C16H15FN2O3/c1-10(2)11-3-5-12(6-4-11)18-16(20)14-9-13(19(21)22)7-8-15(14)17/h3-10H,1-2H3,(H,18,20). The topological polar surface area (TPSA) is 72.2 Å². The molecule has 0 spiro atoms. The molecule has 0 saturated heterocycles. The van der Waals surface area contributed by atoms with E-state index in [9.17, 15) is 19.3 Å². The lowest BCUT2D eigenvalue weighted by molar-refractivity contribution is -0.384. The number of benzene rings is 2. The van der Waals surface area contributed by atoms with E-state index in [0.29, 0.717) is 11.6 Å². The van der Waals surface area contributed by atoms with E-state index in [-0.39, 0.29) is 11.3 Å². The summed E-state index contributed by atoms with van der Waals surface area (Å²) in [4.78, 5) is 22.1. The van der Waals surface area contributed by atoms with Gasteiger partial charge in [0.1, 0.15) is 5.82 Å². The fraction of sp³-hybridized carbons (Fsp3) is 0.188. The smallest absolute Gasteiger partial charge is 0.270 e. The molecule has 2 aromatic rings. The number of hydrogen-bond acceptors (Lipinski definition) is 3. The Morgan fingerprint density at radius 3 is 2.36 bits per heavy atom. The number of amides is 1. The van der Waals surface area contributed by atoms with Gasteiger partial charge in [-0.1, -0.05) is 26.0 Å². The number of nitrogens with zero attached hydrogens (tertiary/aromatic N) is 1. The van der Waals surface area contributed by atoms with E-state index in [4.69, 9.17) is 0 Å². The summed E-state index contributed by atoms with van der Waals surface area (Å²) < 4.78 is 13.7. The maximum Gasteiger partial charge on any atom is 0.270 e. The summed E-state index contributed by atoms with van der Waals surface area (Å²) >= 11 is 0. The Hall–Kier alpha value is -2.76. The summed E-state index contributed by atoms with van der Waals surface area (Å²) in [6, 6.07) is 10.0. The lowest BCUT2D eigenvalue weighted by Gasteiger charge is -2.09. The minimum absolute atomic E-state index is 0.332. The van der Waals surface area contributed by atoms with Gasteiger partial charge < -0.3 is 5.32 Å². The first kappa shape index (κ1) is 15.6. The summed E-state index contributed by atoms with van der Waals surface area (Å²) in [6.07, 6.45) is 0. The van der Waals surface area contributed by atoms with Crippen LogP contribution in [0, 0.1) is 15.9 Å². The van der Waals surface area contributed by atoms with Crippen molar-refractivity contribution in [3.05, 3.63) is 69.5 Å². The van der Waals surface area contributed by atoms with Crippen molar-refractivity contribution in [2.45, 2.75) is 19.8 Å². The molecule has 0 aliphatic heterocycles. The fourth-order valence-electron chi connectivity index (χ4n) is 1.95. The third kappa shape index (κ3) is 3.46. The first-order valence-corrected chi connectivity index (χ1v) is 6.73. The van der Waals surface area contributed by atoms with Crippen molar-refractivity contribution in [2.75, 3.05) is 5.32 Å². The van der Waals surface area contributed by atoms with Gasteiger partial charge in [0.05, 0.1) is 10.5 Å². The van der Waals surface area contributed by atoms with Gasteiger partial charge >= 0.3 is 0 Å². The Labute approximate surface area is 126 Å². The number of nitrogens with one attached hydrogen (secondary N) is 1. The number of halogens is 1. The fourth-order valence-corrected chi connectivity index (χ4v) is 1.95. The van der Waals surface area contributed by atoms with E-state index < -0.39 is 16.6 Å². The molecule has 0 unspecified atom stereocenters. The molecule has 0 bridgehead atoms. The average molecular weight is 302 g/mol. The Morgan fingerprint density at radius 1 is 1.18 bits per heavy atom. The van der Waals surface area contributed by atoms with Crippen LogP contribution in [0.3, 0.4) is 0 Å². The lowest BCUT2D eigenvalue weighted by Crippen LogP contribution is -2.14. The minimum Gasteiger partial charge on any atom is -0.322 e. The van der Waals surface area contributed by atoms with E-state index in [2.05, 4.69) is 5.32 Å². The molecule has 1 N–H and O–H groups in total. The van der Waals surface area contributed by atoms with Crippen LogP contribution in [0.15, 0.2) is 42.5 Å². The molecule has 0 aliphatic rings. The molecule has 22 heavy (non-hydrogen) atoms. The number of rotatable bonds is 4. The zero-order valence-corrected chi connectivity index (χ0v) is 12.2. The highest BCUT2D eigenvalue weighted by atomic mass is 19.1. The van der Waals surface area contributed by atoms with E-state index in [1.54, 1.807) is 12.1 Å². The van der Waals surface area contributed by atoms with Crippen LogP contribution < -0.4 is 5.32 Å². The van der Waals surface area contributed by atoms with Crippen molar-refractivity contribution in [3.8, 4) is 0 Å². The maximum absolute atomic E-state index is 13.7. The number of nitro benzene ring substituents is 1. The second-order valence-electron chi connectivity index (χ2n) is 5.15. The molecule has 0 radical (unpaired) electrons. The molecule has 5 nitrogen and oxygen atoms in total. The van der Waals surface area contributed by atoms with Crippen molar-refractivity contribution in [3.63, 3.8) is 0 Å². The predicted molar refractivity (Wildman–Crippen MR) is 81.5 cm³/mol. The number of carbonyl (C=O) groups excluding carboxylic acids is 1. The molecule has 0 heterocycles. The molecule has 0 fully saturated rings. The summed E-state index contributed by atoms with van der Waals surface area (Å²) in [5.41, 5.74) is 0.920. The molecular formula is C16H15FN2O3. The number of nitro groups is 1. The Kier molecular flexibility index (Phi) is 4.50. The number of hydrogen-bond donors (Lipinski definition) is 1. The predicted octanol–water partition coefficient (Wildman–Crippen LogP) is 4.11. The van der Waals surface area contributed by atoms with Gasteiger partial charge in [-0.15, -0.1) is 0 Å². The normalized spacial score (nSPS) is 10.5. The third-order valence-corrected chi connectivity index (χ3v) is 3.24. The monoisotopic (exact) mass is 302 g/mol. The molecule has 0 aromatic heterocycles. The van der Waals surface area contributed by atoms with Crippen molar-refractivity contribution in [1.29, 1.82) is 0 Å². The van der Waals surface area contributed by atoms with Crippen molar-refractivity contribution in [2.24, 2.45) is 0 Å². The maximum atomic E-state index is 13.7. The lowest BCUT2D eigenvalue weighted by atomic mass is 10.0. The largest absolute Gasteiger partial charge is 0.322 e. The van der Waals surface area contributed by atoms with E-state index in [1.165, 1.54) is 0 Å². The highest BCUT2D eigenvalue weighted by Gasteiger charge is 2.17.